The molecule has 1 aromatic heterocycles. The van der Waals surface area contributed by atoms with Gasteiger partial charge in [0.2, 0.25) is 0 Å². The molecule has 1 saturated carbocycles. The predicted octanol–water partition coefficient (Wildman–Crippen LogP) is 4.06. The fourth-order valence-corrected chi connectivity index (χ4v) is 4.44. The Balaban J connectivity index is 1.66. The number of aromatic amines is 1. The highest BCUT2D eigenvalue weighted by Crippen LogP contribution is 2.44. The molecular formula is C18H25N3. The maximum atomic E-state index is 4.88. The van der Waals surface area contributed by atoms with E-state index >= 15 is 0 Å². The molecule has 0 bridgehead atoms. The molecule has 2 fully saturated rings. The number of benzene rings is 1. The van der Waals surface area contributed by atoms with Crippen LogP contribution in [0.25, 0.3) is 11.0 Å². The summed E-state index contributed by atoms with van der Waals surface area (Å²) in [5.74, 6) is 2.06. The minimum absolute atomic E-state index is 0.482. The van der Waals surface area contributed by atoms with Gasteiger partial charge in [0.05, 0.1) is 17.1 Å². The summed E-state index contributed by atoms with van der Waals surface area (Å²) in [4.78, 5) is 11.1. The van der Waals surface area contributed by atoms with E-state index in [1.807, 2.05) is 0 Å². The zero-order valence-electron chi connectivity index (χ0n) is 13.1. The van der Waals surface area contributed by atoms with Crippen molar-refractivity contribution in [2.24, 2.45) is 5.92 Å². The Kier molecular flexibility index (Phi) is 3.26. The van der Waals surface area contributed by atoms with Gasteiger partial charge in [-0.25, -0.2) is 4.98 Å². The van der Waals surface area contributed by atoms with Gasteiger partial charge in [-0.15, -0.1) is 0 Å². The quantitative estimate of drug-likeness (QED) is 0.901. The Morgan fingerprint density at radius 1 is 1.29 bits per heavy atom. The van der Waals surface area contributed by atoms with Crippen molar-refractivity contribution >= 4 is 11.0 Å². The fourth-order valence-electron chi connectivity index (χ4n) is 4.44. The predicted molar refractivity (Wildman–Crippen MR) is 86.3 cm³/mol. The first-order chi connectivity index (χ1) is 10.3. The minimum Gasteiger partial charge on any atom is -0.341 e. The normalized spacial score (nSPS) is 29.9. The van der Waals surface area contributed by atoms with Gasteiger partial charge in [-0.05, 0) is 56.3 Å². The molecule has 112 valence electrons. The maximum Gasteiger partial charge on any atom is 0.124 e. The molecule has 1 aliphatic carbocycles. The van der Waals surface area contributed by atoms with Crippen molar-refractivity contribution in [3.63, 3.8) is 0 Å². The molecule has 2 aromatic rings. The summed E-state index contributed by atoms with van der Waals surface area (Å²) in [6, 6.07) is 7.88. The van der Waals surface area contributed by atoms with Crippen LogP contribution in [0.4, 0.5) is 0 Å². The summed E-state index contributed by atoms with van der Waals surface area (Å²) in [6.45, 7) is 2.20. The molecule has 3 nitrogen and oxygen atoms in total. The summed E-state index contributed by atoms with van der Waals surface area (Å²) < 4.78 is 0. The molecule has 3 atom stereocenters. The monoisotopic (exact) mass is 283 g/mol. The standard InChI is InChI=1S/C18H25N3/c1-3-12-8-9-14-15(10-12)20-18(19-14)17-11-13-6-4-5-7-16(13)21(17)2/h8-10,13,16-17H,3-7,11H2,1-2H3,(H,19,20). The lowest BCUT2D eigenvalue weighted by Crippen LogP contribution is -2.32. The third kappa shape index (κ3) is 2.18. The Morgan fingerprint density at radius 3 is 2.95 bits per heavy atom. The van der Waals surface area contributed by atoms with Crippen LogP contribution in [0.15, 0.2) is 18.2 Å². The number of nitrogens with one attached hydrogen (secondary N) is 1. The number of imidazole rings is 1. The first-order valence-corrected chi connectivity index (χ1v) is 8.46. The first kappa shape index (κ1) is 13.3. The zero-order valence-corrected chi connectivity index (χ0v) is 13.1. The molecular weight excluding hydrogens is 258 g/mol. The molecule has 2 heterocycles. The van der Waals surface area contributed by atoms with Crippen molar-refractivity contribution in [1.29, 1.82) is 0 Å². The van der Waals surface area contributed by atoms with Crippen molar-refractivity contribution in [2.75, 3.05) is 7.05 Å². The van der Waals surface area contributed by atoms with Gasteiger partial charge in [0.25, 0.3) is 0 Å². The van der Waals surface area contributed by atoms with E-state index in [0.717, 1.165) is 23.9 Å². The van der Waals surface area contributed by atoms with Crippen molar-refractivity contribution in [1.82, 2.24) is 14.9 Å². The van der Waals surface area contributed by atoms with E-state index in [-0.39, 0.29) is 0 Å². The molecule has 1 aromatic carbocycles. The number of rotatable bonds is 2. The number of likely N-dealkylation sites (tertiary alicyclic amines) is 1. The average Bonchev–Trinajstić information content (AvgIpc) is 3.08. The lowest BCUT2D eigenvalue weighted by atomic mass is 9.85. The van der Waals surface area contributed by atoms with E-state index < -0.39 is 0 Å². The SMILES string of the molecule is CCc1ccc2nc(C3CC4CCCCC4N3C)[nH]c2c1. The molecule has 1 saturated heterocycles. The lowest BCUT2D eigenvalue weighted by Gasteiger charge is -2.30. The Labute approximate surface area is 126 Å². The van der Waals surface area contributed by atoms with Gasteiger partial charge in [0.1, 0.15) is 5.82 Å². The number of fused-ring (bicyclic) bond motifs is 2. The van der Waals surface area contributed by atoms with E-state index in [1.165, 1.54) is 49.0 Å². The fraction of sp³-hybridized carbons (Fsp3) is 0.611. The van der Waals surface area contributed by atoms with Gasteiger partial charge in [-0.1, -0.05) is 25.8 Å². The van der Waals surface area contributed by atoms with Gasteiger partial charge in [0.15, 0.2) is 0 Å². The van der Waals surface area contributed by atoms with Crippen LogP contribution in [0.1, 0.15) is 56.5 Å². The van der Waals surface area contributed by atoms with E-state index in [0.29, 0.717) is 6.04 Å². The van der Waals surface area contributed by atoms with Crippen LogP contribution >= 0.6 is 0 Å². The average molecular weight is 283 g/mol. The molecule has 2 aliphatic rings. The summed E-state index contributed by atoms with van der Waals surface area (Å²) >= 11 is 0. The summed E-state index contributed by atoms with van der Waals surface area (Å²) in [7, 11) is 2.30. The van der Waals surface area contributed by atoms with Crippen molar-refractivity contribution in [3.05, 3.63) is 29.6 Å². The van der Waals surface area contributed by atoms with Crippen LogP contribution in [0.2, 0.25) is 0 Å². The number of aromatic nitrogens is 2. The summed E-state index contributed by atoms with van der Waals surface area (Å²) in [6.07, 6.45) is 7.96. The highest BCUT2D eigenvalue weighted by atomic mass is 15.2. The number of hydrogen-bond acceptors (Lipinski definition) is 2. The van der Waals surface area contributed by atoms with Crippen molar-refractivity contribution < 1.29 is 0 Å². The molecule has 0 radical (unpaired) electrons. The van der Waals surface area contributed by atoms with Crippen molar-refractivity contribution in [2.45, 2.75) is 57.5 Å². The first-order valence-electron chi connectivity index (χ1n) is 8.46. The van der Waals surface area contributed by atoms with Gasteiger partial charge < -0.3 is 4.98 Å². The molecule has 21 heavy (non-hydrogen) atoms. The van der Waals surface area contributed by atoms with Crippen LogP contribution in [-0.2, 0) is 6.42 Å². The summed E-state index contributed by atoms with van der Waals surface area (Å²) in [5.41, 5.74) is 3.70. The summed E-state index contributed by atoms with van der Waals surface area (Å²) in [5, 5.41) is 0. The second-order valence-corrected chi connectivity index (χ2v) is 6.86. The molecule has 3 unspecified atom stereocenters. The number of nitrogens with zero attached hydrogens (tertiary/aromatic N) is 2. The van der Waals surface area contributed by atoms with E-state index in [1.54, 1.807) is 0 Å². The molecule has 4 rings (SSSR count). The zero-order chi connectivity index (χ0) is 14.4. The van der Waals surface area contributed by atoms with Crippen LogP contribution in [-0.4, -0.2) is 28.0 Å². The largest absolute Gasteiger partial charge is 0.341 e. The van der Waals surface area contributed by atoms with Gasteiger partial charge in [0, 0.05) is 6.04 Å². The third-order valence-electron chi connectivity index (χ3n) is 5.70. The van der Waals surface area contributed by atoms with Crippen LogP contribution < -0.4 is 0 Å². The third-order valence-corrected chi connectivity index (χ3v) is 5.70. The van der Waals surface area contributed by atoms with Gasteiger partial charge in [-0.3, -0.25) is 4.90 Å². The van der Waals surface area contributed by atoms with Crippen LogP contribution in [0.5, 0.6) is 0 Å². The highest BCUT2D eigenvalue weighted by Gasteiger charge is 2.41. The minimum atomic E-state index is 0.482. The number of aryl methyl sites for hydroxylation is 1. The molecule has 0 spiro atoms. The Hall–Kier alpha value is -1.35. The Morgan fingerprint density at radius 2 is 2.14 bits per heavy atom. The Bertz CT molecular complexity index is 645. The van der Waals surface area contributed by atoms with E-state index in [2.05, 4.69) is 42.1 Å². The number of hydrogen-bond donors (Lipinski definition) is 1. The maximum absolute atomic E-state index is 4.88. The van der Waals surface area contributed by atoms with E-state index in [4.69, 9.17) is 4.98 Å². The lowest BCUT2D eigenvalue weighted by molar-refractivity contribution is 0.184. The second kappa shape index (κ2) is 5.13. The van der Waals surface area contributed by atoms with Crippen LogP contribution in [0.3, 0.4) is 0 Å². The smallest absolute Gasteiger partial charge is 0.124 e. The van der Waals surface area contributed by atoms with Crippen molar-refractivity contribution in [3.8, 4) is 0 Å². The van der Waals surface area contributed by atoms with Gasteiger partial charge in [-0.2, -0.15) is 0 Å². The molecule has 1 N–H and O–H groups in total. The topological polar surface area (TPSA) is 31.9 Å². The highest BCUT2D eigenvalue weighted by molar-refractivity contribution is 5.76. The second-order valence-electron chi connectivity index (χ2n) is 6.86. The number of H-pyrrole nitrogens is 1. The molecule has 1 aliphatic heterocycles. The molecule has 3 heteroatoms. The van der Waals surface area contributed by atoms with E-state index in [9.17, 15) is 0 Å². The molecule has 0 amide bonds. The van der Waals surface area contributed by atoms with Crippen LogP contribution in [0, 0.1) is 5.92 Å². The van der Waals surface area contributed by atoms with Gasteiger partial charge >= 0.3 is 0 Å².